The Bertz CT molecular complexity index is 158. The summed E-state index contributed by atoms with van der Waals surface area (Å²) in [5.74, 6) is 0. The molecule has 0 radical (unpaired) electrons. The fourth-order valence-corrected chi connectivity index (χ4v) is 1.89. The van der Waals surface area contributed by atoms with Crippen molar-refractivity contribution >= 4 is 16.8 Å². The number of hydrogen-bond acceptors (Lipinski definition) is 2. The average molecular weight is 176 g/mol. The van der Waals surface area contributed by atoms with Crippen molar-refractivity contribution in [2.75, 3.05) is 6.54 Å². The fourth-order valence-electron chi connectivity index (χ4n) is 1.65. The maximum absolute atomic E-state index is 10.9. The second-order valence-corrected chi connectivity index (χ2v) is 3.67. The van der Waals surface area contributed by atoms with Crippen LogP contribution in [0.1, 0.15) is 26.7 Å². The van der Waals surface area contributed by atoms with Gasteiger partial charge in [0.05, 0.1) is 6.04 Å². The molecule has 1 heterocycles. The van der Waals surface area contributed by atoms with Crippen molar-refractivity contribution in [2.24, 2.45) is 0 Å². The van der Waals surface area contributed by atoms with E-state index in [1.807, 2.05) is 0 Å². The predicted molar refractivity (Wildman–Crippen MR) is 45.7 cm³/mol. The van der Waals surface area contributed by atoms with Crippen LogP contribution >= 0.6 is 11.6 Å². The van der Waals surface area contributed by atoms with Crippen LogP contribution in [0, 0.1) is 0 Å². The highest BCUT2D eigenvalue weighted by Crippen LogP contribution is 2.21. The van der Waals surface area contributed by atoms with E-state index >= 15 is 0 Å². The van der Waals surface area contributed by atoms with Crippen LogP contribution in [0.25, 0.3) is 0 Å². The van der Waals surface area contributed by atoms with Gasteiger partial charge in [0.2, 0.25) is 5.24 Å². The minimum atomic E-state index is -0.198. The van der Waals surface area contributed by atoms with Crippen LogP contribution in [0.15, 0.2) is 0 Å². The van der Waals surface area contributed by atoms with E-state index in [-0.39, 0.29) is 11.3 Å². The zero-order chi connectivity index (χ0) is 8.43. The lowest BCUT2D eigenvalue weighted by atomic mass is 10.2. The third kappa shape index (κ3) is 1.94. The van der Waals surface area contributed by atoms with E-state index in [2.05, 4.69) is 18.7 Å². The second kappa shape index (κ2) is 3.55. The molecular formula is C8H14ClNO. The van der Waals surface area contributed by atoms with Gasteiger partial charge in [0, 0.05) is 6.04 Å². The molecule has 0 aromatic heterocycles. The summed E-state index contributed by atoms with van der Waals surface area (Å²) in [6.45, 7) is 5.21. The van der Waals surface area contributed by atoms with Gasteiger partial charge in [-0.3, -0.25) is 9.69 Å². The first-order chi connectivity index (χ1) is 5.13. The van der Waals surface area contributed by atoms with Gasteiger partial charge in [0.15, 0.2) is 0 Å². The molecule has 3 heteroatoms. The van der Waals surface area contributed by atoms with Gasteiger partial charge in [-0.15, -0.1) is 0 Å². The Kier molecular flexibility index (Phi) is 2.90. The van der Waals surface area contributed by atoms with E-state index in [1.54, 1.807) is 0 Å². The van der Waals surface area contributed by atoms with Crippen LogP contribution in [0.4, 0.5) is 0 Å². The summed E-state index contributed by atoms with van der Waals surface area (Å²) in [7, 11) is 0. The van der Waals surface area contributed by atoms with Crippen LogP contribution in [0.5, 0.6) is 0 Å². The SMILES string of the molecule is CC(C)N1CCCC1C(=O)Cl. The Morgan fingerprint density at radius 3 is 2.64 bits per heavy atom. The highest BCUT2D eigenvalue weighted by Gasteiger charge is 2.30. The molecule has 0 bridgehead atoms. The van der Waals surface area contributed by atoms with Gasteiger partial charge in [-0.2, -0.15) is 0 Å². The van der Waals surface area contributed by atoms with E-state index in [1.165, 1.54) is 0 Å². The maximum Gasteiger partial charge on any atom is 0.238 e. The van der Waals surface area contributed by atoms with Gasteiger partial charge < -0.3 is 0 Å². The Morgan fingerprint density at radius 1 is 1.64 bits per heavy atom. The molecule has 64 valence electrons. The lowest BCUT2D eigenvalue weighted by Gasteiger charge is -2.25. The first-order valence-electron chi connectivity index (χ1n) is 4.08. The van der Waals surface area contributed by atoms with E-state index in [9.17, 15) is 4.79 Å². The van der Waals surface area contributed by atoms with Crippen LogP contribution in [0.3, 0.4) is 0 Å². The summed E-state index contributed by atoms with van der Waals surface area (Å²) in [4.78, 5) is 13.0. The van der Waals surface area contributed by atoms with E-state index in [4.69, 9.17) is 11.6 Å². The van der Waals surface area contributed by atoms with Gasteiger partial charge >= 0.3 is 0 Å². The molecule has 0 N–H and O–H groups in total. The van der Waals surface area contributed by atoms with Gasteiger partial charge in [-0.1, -0.05) is 0 Å². The summed E-state index contributed by atoms with van der Waals surface area (Å²) >= 11 is 5.44. The Hall–Kier alpha value is -0.0800. The summed E-state index contributed by atoms with van der Waals surface area (Å²) in [6, 6.07) is 0.418. The number of carbonyl (C=O) groups excluding carboxylic acids is 1. The van der Waals surface area contributed by atoms with E-state index in [0.717, 1.165) is 19.4 Å². The van der Waals surface area contributed by atoms with Crippen LogP contribution in [0.2, 0.25) is 0 Å². The number of halogens is 1. The van der Waals surface area contributed by atoms with Crippen LogP contribution in [-0.4, -0.2) is 28.8 Å². The van der Waals surface area contributed by atoms with Gasteiger partial charge in [0.25, 0.3) is 0 Å². The summed E-state index contributed by atoms with van der Waals surface area (Å²) in [5, 5.41) is -0.198. The molecule has 1 fully saturated rings. The average Bonchev–Trinajstić information content (AvgIpc) is 2.32. The molecule has 0 amide bonds. The Morgan fingerprint density at radius 2 is 2.27 bits per heavy atom. The quantitative estimate of drug-likeness (QED) is 0.595. The Balaban J connectivity index is 2.58. The molecule has 0 aromatic rings. The van der Waals surface area contributed by atoms with E-state index < -0.39 is 0 Å². The first kappa shape index (κ1) is 9.01. The van der Waals surface area contributed by atoms with Crippen LogP contribution in [-0.2, 0) is 4.79 Å². The highest BCUT2D eigenvalue weighted by molar-refractivity contribution is 6.64. The van der Waals surface area contributed by atoms with Crippen molar-refractivity contribution in [3.8, 4) is 0 Å². The number of hydrogen-bond donors (Lipinski definition) is 0. The number of carbonyl (C=O) groups is 1. The van der Waals surface area contributed by atoms with Crippen molar-refractivity contribution in [3.63, 3.8) is 0 Å². The standard InChI is InChI=1S/C8H14ClNO/c1-6(2)10-5-3-4-7(10)8(9)11/h6-7H,3-5H2,1-2H3. The lowest BCUT2D eigenvalue weighted by Crippen LogP contribution is -2.38. The molecule has 0 spiro atoms. The highest BCUT2D eigenvalue weighted by atomic mass is 35.5. The largest absolute Gasteiger partial charge is 0.290 e. The lowest BCUT2D eigenvalue weighted by molar-refractivity contribution is -0.116. The smallest absolute Gasteiger partial charge is 0.238 e. The summed E-state index contributed by atoms with van der Waals surface area (Å²) in [6.07, 6.45) is 2.03. The minimum Gasteiger partial charge on any atom is -0.290 e. The molecule has 0 saturated carbocycles. The summed E-state index contributed by atoms with van der Waals surface area (Å²) < 4.78 is 0. The summed E-state index contributed by atoms with van der Waals surface area (Å²) in [5.41, 5.74) is 0. The molecule has 0 aromatic carbocycles. The number of nitrogens with zero attached hydrogens (tertiary/aromatic N) is 1. The third-order valence-corrected chi connectivity index (χ3v) is 2.47. The molecule has 0 aliphatic carbocycles. The number of rotatable bonds is 2. The van der Waals surface area contributed by atoms with Gasteiger partial charge in [-0.25, -0.2) is 0 Å². The van der Waals surface area contributed by atoms with Crippen molar-refractivity contribution < 1.29 is 4.79 Å². The second-order valence-electron chi connectivity index (χ2n) is 3.29. The molecular weight excluding hydrogens is 162 g/mol. The molecule has 1 rings (SSSR count). The molecule has 1 aliphatic heterocycles. The predicted octanol–water partition coefficient (Wildman–Crippen LogP) is 1.62. The maximum atomic E-state index is 10.9. The molecule has 2 nitrogen and oxygen atoms in total. The first-order valence-corrected chi connectivity index (χ1v) is 4.46. The molecule has 1 atom stereocenters. The topological polar surface area (TPSA) is 20.3 Å². The van der Waals surface area contributed by atoms with Crippen molar-refractivity contribution in [3.05, 3.63) is 0 Å². The fraction of sp³-hybridized carbons (Fsp3) is 0.875. The molecule has 11 heavy (non-hydrogen) atoms. The van der Waals surface area contributed by atoms with Gasteiger partial charge in [0.1, 0.15) is 0 Å². The molecule has 1 saturated heterocycles. The Labute approximate surface area is 72.5 Å². The van der Waals surface area contributed by atoms with E-state index in [0.29, 0.717) is 6.04 Å². The molecule has 1 unspecified atom stereocenters. The monoisotopic (exact) mass is 175 g/mol. The third-order valence-electron chi connectivity index (χ3n) is 2.22. The van der Waals surface area contributed by atoms with Crippen molar-refractivity contribution in [1.29, 1.82) is 0 Å². The van der Waals surface area contributed by atoms with Crippen LogP contribution < -0.4 is 0 Å². The minimum absolute atomic E-state index is 0.0170. The normalized spacial score (nSPS) is 26.4. The van der Waals surface area contributed by atoms with Crippen molar-refractivity contribution in [2.45, 2.75) is 38.8 Å². The number of likely N-dealkylation sites (tertiary alicyclic amines) is 1. The zero-order valence-corrected chi connectivity index (χ0v) is 7.77. The van der Waals surface area contributed by atoms with Gasteiger partial charge in [-0.05, 0) is 44.8 Å². The van der Waals surface area contributed by atoms with Crippen molar-refractivity contribution in [1.82, 2.24) is 4.90 Å². The molecule has 1 aliphatic rings. The zero-order valence-electron chi connectivity index (χ0n) is 7.01.